The van der Waals surface area contributed by atoms with Gasteiger partial charge in [0.05, 0.1) is 13.2 Å². The summed E-state index contributed by atoms with van der Waals surface area (Å²) in [6.07, 6.45) is 41.1. The minimum absolute atomic E-state index is 0.0168. The van der Waals surface area contributed by atoms with Crippen molar-refractivity contribution in [2.45, 2.75) is 233 Å². The number of carbonyl (C=O) groups is 3. The van der Waals surface area contributed by atoms with Crippen molar-refractivity contribution >= 4 is 17.8 Å². The van der Waals surface area contributed by atoms with Crippen LogP contribution in [0.4, 0.5) is 0 Å². The average Bonchev–Trinajstić information content (AvgIpc) is 3.23. The van der Waals surface area contributed by atoms with E-state index in [1.807, 2.05) is 0 Å². The summed E-state index contributed by atoms with van der Waals surface area (Å²) in [5.41, 5.74) is 4.40. The molecule has 0 atom stereocenters. The van der Waals surface area contributed by atoms with Crippen LogP contribution in [0, 0.1) is 0 Å². The Morgan fingerprint density at radius 3 is 1.03 bits per heavy atom. The zero-order valence-corrected chi connectivity index (χ0v) is 39.4. The van der Waals surface area contributed by atoms with Crippen LogP contribution < -0.4 is 11.1 Å². The van der Waals surface area contributed by atoms with E-state index in [1.54, 1.807) is 0 Å². The first kappa shape index (κ1) is 63.8. The van der Waals surface area contributed by atoms with Crippen LogP contribution in [0.1, 0.15) is 233 Å². The van der Waals surface area contributed by atoms with E-state index in [0.717, 1.165) is 38.9 Å². The number of aliphatic carboxylic acids is 1. The number of rotatable bonds is 42. The summed E-state index contributed by atoms with van der Waals surface area (Å²) in [7, 11) is 0. The Labute approximate surface area is 364 Å². The summed E-state index contributed by atoms with van der Waals surface area (Å²) in [5, 5.41) is 35.3. The van der Waals surface area contributed by atoms with Crippen LogP contribution >= 0.6 is 0 Å². The maximum Gasteiger partial charge on any atom is 0.305 e. The second-order valence-electron chi connectivity index (χ2n) is 15.9. The highest BCUT2D eigenvalue weighted by atomic mass is 16.5. The van der Waals surface area contributed by atoms with Crippen LogP contribution in [0.25, 0.3) is 0 Å². The lowest BCUT2D eigenvalue weighted by atomic mass is 10.0. The summed E-state index contributed by atoms with van der Waals surface area (Å²) in [5.74, 6) is -1.36. The number of carbonyl (C=O) groups excluding carboxylic acids is 2. The standard InChI is InChI=1S/C24H49NO2.C18H36O2.C4H11NO2.C2H5NO2/c1-4-7-8-9-10-11-12-13-14-15-16-17-18-19-20-21-24(26)27-23-22-25(5-2)6-3;1-2-3-4-5-6-7-8-9-10-11-12-13-14-15-16-17-18(19)20;6-3-1-5-2-4-7;3-2(5)1-4/h4-23H2,1-3H3;2-17H2,1H3,(H,19,20);5-7H,1-4H2;4H,1H2,(H2,3,5). The van der Waals surface area contributed by atoms with Crippen molar-refractivity contribution in [2.24, 2.45) is 5.73 Å². The number of esters is 1. The van der Waals surface area contributed by atoms with Crippen LogP contribution in [0.3, 0.4) is 0 Å². The molecule has 0 unspecified atom stereocenters. The predicted molar refractivity (Wildman–Crippen MR) is 249 cm³/mol. The number of carboxylic acid groups (broad SMARTS) is 1. The highest BCUT2D eigenvalue weighted by molar-refractivity contribution is 5.74. The molecule has 0 rings (SSSR count). The number of primary amides is 1. The molecule has 0 saturated carbocycles. The van der Waals surface area contributed by atoms with Gasteiger partial charge in [-0.3, -0.25) is 14.4 Å². The van der Waals surface area contributed by atoms with Gasteiger partial charge in [0.1, 0.15) is 13.2 Å². The molecule has 0 aliphatic rings. The van der Waals surface area contributed by atoms with Gasteiger partial charge in [-0.25, -0.2) is 0 Å². The van der Waals surface area contributed by atoms with Crippen molar-refractivity contribution in [1.29, 1.82) is 0 Å². The number of nitrogens with one attached hydrogen (secondary N) is 1. The molecule has 0 aromatic carbocycles. The summed E-state index contributed by atoms with van der Waals surface area (Å²) in [6, 6.07) is 0. The second kappa shape index (κ2) is 60.5. The van der Waals surface area contributed by atoms with Gasteiger partial charge in [0.2, 0.25) is 5.91 Å². The maximum atomic E-state index is 11.7. The van der Waals surface area contributed by atoms with Crippen molar-refractivity contribution in [3.8, 4) is 0 Å². The molecule has 0 bridgehead atoms. The number of unbranched alkanes of at least 4 members (excludes halogenated alkanes) is 28. The van der Waals surface area contributed by atoms with Gasteiger partial charge in [0.25, 0.3) is 0 Å². The number of carboxylic acids is 1. The zero-order chi connectivity index (χ0) is 44.7. The van der Waals surface area contributed by atoms with Gasteiger partial charge in [-0.15, -0.1) is 0 Å². The van der Waals surface area contributed by atoms with Crippen molar-refractivity contribution in [2.75, 3.05) is 59.2 Å². The molecule has 0 aromatic heterocycles. The maximum absolute atomic E-state index is 11.7. The van der Waals surface area contributed by atoms with E-state index in [2.05, 4.69) is 43.6 Å². The first-order valence-electron chi connectivity index (χ1n) is 24.6. The average molecular weight is 848 g/mol. The number of aliphatic hydroxyl groups excluding tert-OH is 3. The van der Waals surface area contributed by atoms with E-state index in [9.17, 15) is 14.4 Å². The van der Waals surface area contributed by atoms with E-state index in [1.165, 1.54) is 173 Å². The zero-order valence-electron chi connectivity index (χ0n) is 39.4. The summed E-state index contributed by atoms with van der Waals surface area (Å²) < 4.78 is 5.31. The van der Waals surface area contributed by atoms with Gasteiger partial charge in [-0.2, -0.15) is 0 Å². The molecule has 11 heteroatoms. The van der Waals surface area contributed by atoms with Crippen molar-refractivity contribution < 1.29 is 39.5 Å². The van der Waals surface area contributed by atoms with E-state index in [-0.39, 0.29) is 19.2 Å². The smallest absolute Gasteiger partial charge is 0.305 e. The number of nitrogens with two attached hydrogens (primary N) is 1. The van der Waals surface area contributed by atoms with Gasteiger partial charge < -0.3 is 41.1 Å². The lowest BCUT2D eigenvalue weighted by molar-refractivity contribution is -0.144. The molecule has 0 saturated heterocycles. The molecule has 7 N–H and O–H groups in total. The lowest BCUT2D eigenvalue weighted by Crippen LogP contribution is -2.27. The Morgan fingerprint density at radius 2 is 0.780 bits per heavy atom. The van der Waals surface area contributed by atoms with Crippen molar-refractivity contribution in [3.05, 3.63) is 0 Å². The minimum Gasteiger partial charge on any atom is -0.481 e. The number of likely N-dealkylation sites (N-methyl/N-ethyl adjacent to an activating group) is 1. The summed E-state index contributed by atoms with van der Waals surface area (Å²) in [4.78, 5) is 33.6. The van der Waals surface area contributed by atoms with Crippen molar-refractivity contribution in [3.63, 3.8) is 0 Å². The van der Waals surface area contributed by atoms with E-state index in [4.69, 9.17) is 25.2 Å². The number of ether oxygens (including phenoxy) is 1. The van der Waals surface area contributed by atoms with E-state index >= 15 is 0 Å². The quantitative estimate of drug-likeness (QED) is 0.0255. The Kier molecular flexibility index (Phi) is 65.5. The van der Waals surface area contributed by atoms with Crippen LogP contribution in [0.2, 0.25) is 0 Å². The molecule has 0 radical (unpaired) electrons. The first-order chi connectivity index (χ1) is 28.7. The third kappa shape index (κ3) is 71.1. The Bertz CT molecular complexity index is 798. The number of hydrogen-bond acceptors (Lipinski definition) is 9. The molecule has 356 valence electrons. The van der Waals surface area contributed by atoms with Crippen LogP contribution in [-0.2, 0) is 19.1 Å². The van der Waals surface area contributed by atoms with Gasteiger partial charge >= 0.3 is 11.9 Å². The second-order valence-corrected chi connectivity index (χ2v) is 15.9. The topological polar surface area (TPSA) is 183 Å². The summed E-state index contributed by atoms with van der Waals surface area (Å²) >= 11 is 0. The first-order valence-corrected chi connectivity index (χ1v) is 24.6. The monoisotopic (exact) mass is 848 g/mol. The van der Waals surface area contributed by atoms with E-state index in [0.29, 0.717) is 32.5 Å². The Balaban J connectivity index is -0.000000410. The molecular weight excluding hydrogens is 747 g/mol. The molecule has 11 nitrogen and oxygen atoms in total. The normalized spacial score (nSPS) is 10.6. The molecule has 0 aliphatic carbocycles. The largest absolute Gasteiger partial charge is 0.481 e. The number of hydrogen-bond donors (Lipinski definition) is 6. The van der Waals surface area contributed by atoms with Crippen LogP contribution in [-0.4, -0.2) is 102 Å². The fourth-order valence-corrected chi connectivity index (χ4v) is 6.47. The van der Waals surface area contributed by atoms with Gasteiger partial charge in [-0.05, 0) is 25.9 Å². The molecule has 1 amide bonds. The molecule has 0 fully saturated rings. The minimum atomic E-state index is -0.690. The predicted octanol–water partition coefficient (Wildman–Crippen LogP) is 10.5. The van der Waals surface area contributed by atoms with E-state index < -0.39 is 18.5 Å². The van der Waals surface area contributed by atoms with Gasteiger partial charge in [0.15, 0.2) is 0 Å². The number of aliphatic hydroxyl groups is 3. The Morgan fingerprint density at radius 1 is 0.492 bits per heavy atom. The SMILES string of the molecule is CCCCCCCCCCCCCCCCCC(=O)O.CCCCCCCCCCCCCCCCCC(=O)OCCN(CC)CC.NC(=O)CO.OCCNCCO. The van der Waals surface area contributed by atoms with Crippen LogP contribution in [0.15, 0.2) is 0 Å². The lowest BCUT2D eigenvalue weighted by Gasteiger charge is -2.17. The number of nitrogens with zero attached hydrogens (tertiary/aromatic N) is 1. The molecule has 0 heterocycles. The van der Waals surface area contributed by atoms with Crippen LogP contribution in [0.5, 0.6) is 0 Å². The molecule has 0 aromatic rings. The molecule has 0 aliphatic heterocycles. The highest BCUT2D eigenvalue weighted by Gasteiger charge is 2.05. The molecule has 59 heavy (non-hydrogen) atoms. The number of amides is 1. The highest BCUT2D eigenvalue weighted by Crippen LogP contribution is 2.15. The fraction of sp³-hybridized carbons (Fsp3) is 0.938. The van der Waals surface area contributed by atoms with Gasteiger partial charge in [0, 0.05) is 32.5 Å². The molecule has 0 spiro atoms. The van der Waals surface area contributed by atoms with Crippen molar-refractivity contribution in [1.82, 2.24) is 10.2 Å². The van der Waals surface area contributed by atoms with Gasteiger partial charge in [-0.1, -0.05) is 207 Å². The summed E-state index contributed by atoms with van der Waals surface area (Å²) in [6.45, 7) is 13.1. The molecular formula is C48H101N3O8. The third-order valence-electron chi connectivity index (χ3n) is 10.3. The fourth-order valence-electron chi connectivity index (χ4n) is 6.47. The Hall–Kier alpha value is -1.79. The third-order valence-corrected chi connectivity index (χ3v) is 10.3.